The fraction of sp³-hybridized carbons (Fsp3) is 0.350. The molecule has 1 aromatic carbocycles. The van der Waals surface area contributed by atoms with E-state index in [0.717, 1.165) is 0 Å². The first kappa shape index (κ1) is 19.8. The van der Waals surface area contributed by atoms with Crippen molar-refractivity contribution < 1.29 is 19.1 Å². The third-order valence-corrected chi connectivity index (χ3v) is 4.75. The second kappa shape index (κ2) is 8.07. The largest absolute Gasteiger partial charge is 0.454 e. The van der Waals surface area contributed by atoms with E-state index < -0.39 is 23.9 Å². The Hall–Kier alpha value is -3.53. The molecular formula is C20H21N5O5. The van der Waals surface area contributed by atoms with E-state index in [1.54, 1.807) is 42.7 Å². The van der Waals surface area contributed by atoms with Crippen LogP contribution < -0.4 is 10.9 Å². The minimum absolute atomic E-state index is 0.0174. The first-order valence-corrected chi connectivity index (χ1v) is 9.59. The molecule has 10 nitrogen and oxygen atoms in total. The van der Waals surface area contributed by atoms with Gasteiger partial charge in [0.1, 0.15) is 6.10 Å². The van der Waals surface area contributed by atoms with Gasteiger partial charge in [-0.1, -0.05) is 32.0 Å². The molecule has 2 N–H and O–H groups in total. The highest BCUT2D eigenvalue weighted by Gasteiger charge is 2.35. The normalized spacial score (nSPS) is 18.6. The Labute approximate surface area is 171 Å². The van der Waals surface area contributed by atoms with Gasteiger partial charge in [-0.25, -0.2) is 9.78 Å². The molecular weight excluding hydrogens is 390 g/mol. The average molecular weight is 411 g/mol. The molecule has 0 unspecified atom stereocenters. The number of esters is 1. The van der Waals surface area contributed by atoms with E-state index in [1.807, 2.05) is 6.07 Å². The molecule has 4 rings (SSSR count). The molecule has 0 bridgehead atoms. The zero-order chi connectivity index (χ0) is 21.3. The number of fused-ring (bicyclic) bond motifs is 1. The Bertz CT molecular complexity index is 1140. The number of aromatic amines is 1. The van der Waals surface area contributed by atoms with E-state index >= 15 is 0 Å². The maximum atomic E-state index is 12.5. The van der Waals surface area contributed by atoms with Crippen molar-refractivity contribution in [3.8, 4) is 0 Å². The van der Waals surface area contributed by atoms with Crippen molar-refractivity contribution in [1.82, 2.24) is 19.5 Å². The second-order valence-corrected chi connectivity index (χ2v) is 7.24. The molecule has 0 aliphatic carbocycles. The number of rotatable bonds is 5. The van der Waals surface area contributed by atoms with E-state index in [2.05, 4.69) is 20.3 Å². The van der Waals surface area contributed by atoms with E-state index in [9.17, 15) is 14.4 Å². The summed E-state index contributed by atoms with van der Waals surface area (Å²) in [6.07, 6.45) is 0.638. The number of benzene rings is 1. The van der Waals surface area contributed by atoms with Gasteiger partial charge >= 0.3 is 5.97 Å². The molecule has 30 heavy (non-hydrogen) atoms. The van der Waals surface area contributed by atoms with Crippen LogP contribution in [0.1, 0.15) is 36.9 Å². The summed E-state index contributed by atoms with van der Waals surface area (Å²) in [7, 11) is 0. The van der Waals surface area contributed by atoms with Crippen LogP contribution in [-0.4, -0.2) is 44.1 Å². The Morgan fingerprint density at radius 1 is 1.30 bits per heavy atom. The van der Waals surface area contributed by atoms with Gasteiger partial charge in [-0.15, -0.1) is 0 Å². The average Bonchev–Trinajstić information content (AvgIpc) is 3.35. The molecule has 1 saturated heterocycles. The molecule has 2 atom stereocenters. The van der Waals surface area contributed by atoms with Crippen LogP contribution in [0.3, 0.4) is 0 Å². The Morgan fingerprint density at radius 2 is 2.07 bits per heavy atom. The lowest BCUT2D eigenvalue weighted by Gasteiger charge is -2.20. The van der Waals surface area contributed by atoms with Crippen molar-refractivity contribution in [3.63, 3.8) is 0 Å². The number of carbonyl (C=O) groups excluding carboxylic acids is 2. The summed E-state index contributed by atoms with van der Waals surface area (Å²) in [4.78, 5) is 47.7. The Balaban J connectivity index is 1.63. The van der Waals surface area contributed by atoms with Crippen LogP contribution in [0.25, 0.3) is 11.2 Å². The summed E-state index contributed by atoms with van der Waals surface area (Å²) in [5, 5.41) is 2.57. The molecule has 3 heterocycles. The second-order valence-electron chi connectivity index (χ2n) is 7.24. The van der Waals surface area contributed by atoms with E-state index in [-0.39, 0.29) is 28.9 Å². The zero-order valence-corrected chi connectivity index (χ0v) is 16.5. The number of nitrogens with zero attached hydrogens (tertiary/aromatic N) is 3. The topological polar surface area (TPSA) is 128 Å². The van der Waals surface area contributed by atoms with Crippen molar-refractivity contribution in [2.75, 3.05) is 11.9 Å². The van der Waals surface area contributed by atoms with Gasteiger partial charge in [-0.3, -0.25) is 24.5 Å². The van der Waals surface area contributed by atoms with Crippen molar-refractivity contribution >= 4 is 29.0 Å². The molecule has 156 valence electrons. The van der Waals surface area contributed by atoms with E-state index in [1.165, 1.54) is 6.33 Å². The molecule has 0 saturated carbocycles. The van der Waals surface area contributed by atoms with E-state index in [4.69, 9.17) is 9.47 Å². The molecule has 3 aromatic rings. The van der Waals surface area contributed by atoms with Gasteiger partial charge in [-0.2, -0.15) is 4.98 Å². The maximum absolute atomic E-state index is 12.5. The number of hydrogen-bond donors (Lipinski definition) is 2. The molecule has 2 aromatic heterocycles. The third-order valence-electron chi connectivity index (χ3n) is 4.75. The molecule has 0 radical (unpaired) electrons. The number of H-pyrrole nitrogens is 1. The summed E-state index contributed by atoms with van der Waals surface area (Å²) in [6, 6.07) is 8.67. The number of imidazole rings is 1. The molecule has 1 aliphatic heterocycles. The Kier molecular flexibility index (Phi) is 5.32. The fourth-order valence-corrected chi connectivity index (χ4v) is 3.14. The van der Waals surface area contributed by atoms with Crippen LogP contribution in [-0.2, 0) is 14.3 Å². The van der Waals surface area contributed by atoms with Gasteiger partial charge in [0.05, 0.1) is 18.5 Å². The van der Waals surface area contributed by atoms with Crippen molar-refractivity contribution in [1.29, 1.82) is 0 Å². The van der Waals surface area contributed by atoms with Gasteiger partial charge in [0.15, 0.2) is 17.4 Å². The van der Waals surface area contributed by atoms with Gasteiger partial charge in [-0.05, 0) is 12.1 Å². The van der Waals surface area contributed by atoms with Crippen LogP contribution in [0.5, 0.6) is 0 Å². The zero-order valence-electron chi connectivity index (χ0n) is 16.5. The number of amides is 1. The van der Waals surface area contributed by atoms with Crippen LogP contribution >= 0.6 is 0 Å². The fourth-order valence-electron chi connectivity index (χ4n) is 3.14. The van der Waals surface area contributed by atoms with Gasteiger partial charge < -0.3 is 9.47 Å². The first-order valence-electron chi connectivity index (χ1n) is 9.59. The van der Waals surface area contributed by atoms with Crippen molar-refractivity contribution in [2.24, 2.45) is 5.92 Å². The molecule has 10 heteroatoms. The standard InChI is InChI=1S/C20H21N5O5/c1-11(2)16(26)23-20-22-15-14(17(27)24-20)21-10-25(15)18-13(8-9-29-18)30-19(28)12-6-4-3-5-7-12/h3-7,10-11,13,18H,8-9H2,1-2H3,(H2,22,23,24,26,27)/t13-,18+/m0/s1. The number of anilines is 1. The minimum Gasteiger partial charge on any atom is -0.454 e. The number of hydrogen-bond acceptors (Lipinski definition) is 7. The third kappa shape index (κ3) is 3.81. The summed E-state index contributed by atoms with van der Waals surface area (Å²) >= 11 is 0. The molecule has 1 amide bonds. The Morgan fingerprint density at radius 3 is 2.80 bits per heavy atom. The highest BCUT2D eigenvalue weighted by molar-refractivity contribution is 5.91. The number of carbonyl (C=O) groups is 2. The first-order chi connectivity index (χ1) is 14.4. The lowest BCUT2D eigenvalue weighted by molar-refractivity contribution is -0.118. The lowest BCUT2D eigenvalue weighted by Crippen LogP contribution is -2.26. The van der Waals surface area contributed by atoms with Crippen LogP contribution in [0.2, 0.25) is 0 Å². The van der Waals surface area contributed by atoms with Gasteiger partial charge in [0.2, 0.25) is 11.9 Å². The van der Waals surface area contributed by atoms with Crippen molar-refractivity contribution in [3.05, 3.63) is 52.6 Å². The minimum atomic E-state index is -0.689. The number of aromatic nitrogens is 4. The molecule has 1 fully saturated rings. The summed E-state index contributed by atoms with van der Waals surface area (Å²) in [5.41, 5.74) is 0.271. The van der Waals surface area contributed by atoms with Crippen LogP contribution in [0.4, 0.5) is 5.95 Å². The predicted octanol–water partition coefficient (Wildman–Crippen LogP) is 1.86. The van der Waals surface area contributed by atoms with E-state index in [0.29, 0.717) is 18.6 Å². The predicted molar refractivity (Wildman–Crippen MR) is 107 cm³/mol. The molecule has 0 spiro atoms. The number of nitrogens with one attached hydrogen (secondary N) is 2. The highest BCUT2D eigenvalue weighted by Crippen LogP contribution is 2.29. The van der Waals surface area contributed by atoms with Crippen LogP contribution in [0, 0.1) is 5.92 Å². The SMILES string of the molecule is CC(C)C(=O)Nc1nc2c(ncn2[C@@H]2OCC[C@@H]2OC(=O)c2ccccc2)c(=O)[nH]1. The smallest absolute Gasteiger partial charge is 0.338 e. The molecule has 1 aliphatic rings. The maximum Gasteiger partial charge on any atom is 0.338 e. The van der Waals surface area contributed by atoms with Gasteiger partial charge in [0.25, 0.3) is 5.56 Å². The quantitative estimate of drug-likeness (QED) is 0.613. The van der Waals surface area contributed by atoms with Gasteiger partial charge in [0, 0.05) is 12.3 Å². The monoisotopic (exact) mass is 411 g/mol. The van der Waals surface area contributed by atoms with Crippen molar-refractivity contribution in [2.45, 2.75) is 32.6 Å². The lowest BCUT2D eigenvalue weighted by atomic mass is 10.2. The highest BCUT2D eigenvalue weighted by atomic mass is 16.6. The summed E-state index contributed by atoms with van der Waals surface area (Å²) in [6.45, 7) is 3.83. The van der Waals surface area contributed by atoms with Crippen LogP contribution in [0.15, 0.2) is 41.5 Å². The number of ether oxygens (including phenoxy) is 2. The summed E-state index contributed by atoms with van der Waals surface area (Å²) < 4.78 is 13.0. The summed E-state index contributed by atoms with van der Waals surface area (Å²) in [5.74, 6) is -1.01.